The molecule has 0 aliphatic carbocycles. The molecule has 0 bridgehead atoms. The summed E-state index contributed by atoms with van der Waals surface area (Å²) in [7, 11) is 0. The Morgan fingerprint density at radius 3 is 2.77 bits per heavy atom. The lowest BCUT2D eigenvalue weighted by molar-refractivity contribution is 0.363. The molecule has 2 rings (SSSR count). The van der Waals surface area contributed by atoms with Crippen LogP contribution in [0.3, 0.4) is 0 Å². The highest BCUT2D eigenvalue weighted by Gasteiger charge is 2.22. The molecule has 1 saturated heterocycles. The van der Waals surface area contributed by atoms with Gasteiger partial charge in [-0.3, -0.25) is 0 Å². The largest absolute Gasteiger partial charge is 0.507 e. The number of phenolic OH excluding ortho intramolecular Hbond substituents is 1. The van der Waals surface area contributed by atoms with Crippen LogP contribution in [-0.2, 0) is 0 Å². The van der Waals surface area contributed by atoms with E-state index in [1.807, 2.05) is 13.0 Å². The van der Waals surface area contributed by atoms with Crippen molar-refractivity contribution in [3.8, 4) is 5.75 Å². The van der Waals surface area contributed by atoms with E-state index >= 15 is 0 Å². The van der Waals surface area contributed by atoms with Crippen molar-refractivity contribution < 1.29 is 5.11 Å². The molecular formula is C10H12INO. The van der Waals surface area contributed by atoms with Gasteiger partial charge in [0.25, 0.3) is 0 Å². The van der Waals surface area contributed by atoms with Gasteiger partial charge in [0.1, 0.15) is 5.75 Å². The smallest absolute Gasteiger partial charge is 0.123 e. The summed E-state index contributed by atoms with van der Waals surface area (Å²) in [5.74, 6) is 0.456. The van der Waals surface area contributed by atoms with Gasteiger partial charge < -0.3 is 10.4 Å². The third-order valence-corrected chi connectivity index (χ3v) is 3.12. The normalized spacial score (nSPS) is 21.2. The third kappa shape index (κ3) is 1.67. The Balaban J connectivity index is 2.42. The van der Waals surface area contributed by atoms with E-state index in [1.165, 1.54) is 3.57 Å². The molecule has 1 aliphatic rings. The Morgan fingerprint density at radius 1 is 1.54 bits per heavy atom. The fraction of sp³-hybridized carbons (Fsp3) is 0.400. The first-order valence-electron chi connectivity index (χ1n) is 4.41. The topological polar surface area (TPSA) is 32.3 Å². The van der Waals surface area contributed by atoms with E-state index in [9.17, 15) is 5.11 Å². The van der Waals surface area contributed by atoms with Gasteiger partial charge in [-0.1, -0.05) is 0 Å². The molecule has 1 aromatic rings. The highest BCUT2D eigenvalue weighted by Crippen LogP contribution is 2.33. The Bertz CT molecular complexity index is 334. The second-order valence-electron chi connectivity index (χ2n) is 3.46. The quantitative estimate of drug-likeness (QED) is 0.778. The monoisotopic (exact) mass is 289 g/mol. The summed E-state index contributed by atoms with van der Waals surface area (Å²) in [5, 5.41) is 13.1. The zero-order valence-electron chi connectivity index (χ0n) is 7.47. The maximum atomic E-state index is 9.81. The minimum Gasteiger partial charge on any atom is -0.507 e. The van der Waals surface area contributed by atoms with Crippen LogP contribution in [0.4, 0.5) is 0 Å². The zero-order valence-corrected chi connectivity index (χ0v) is 9.63. The van der Waals surface area contributed by atoms with Crippen LogP contribution >= 0.6 is 22.6 Å². The van der Waals surface area contributed by atoms with Crippen molar-refractivity contribution >= 4 is 22.6 Å². The van der Waals surface area contributed by atoms with Gasteiger partial charge in [0, 0.05) is 15.2 Å². The molecule has 0 saturated carbocycles. The van der Waals surface area contributed by atoms with Crippen LogP contribution in [0.5, 0.6) is 5.75 Å². The Labute approximate surface area is 91.5 Å². The third-order valence-electron chi connectivity index (χ3n) is 2.49. The number of benzene rings is 1. The summed E-state index contributed by atoms with van der Waals surface area (Å²) in [6, 6.07) is 4.42. The van der Waals surface area contributed by atoms with E-state index < -0.39 is 0 Å². The molecule has 0 unspecified atom stereocenters. The van der Waals surface area contributed by atoms with Crippen LogP contribution in [-0.4, -0.2) is 11.7 Å². The van der Waals surface area contributed by atoms with Gasteiger partial charge in [-0.2, -0.15) is 0 Å². The minimum absolute atomic E-state index is 0.369. The minimum atomic E-state index is 0.369. The molecule has 13 heavy (non-hydrogen) atoms. The van der Waals surface area contributed by atoms with Crippen LogP contribution in [0.2, 0.25) is 0 Å². The van der Waals surface area contributed by atoms with E-state index in [2.05, 4.69) is 34.0 Å². The van der Waals surface area contributed by atoms with E-state index in [1.54, 1.807) is 0 Å². The number of aromatic hydroxyl groups is 1. The van der Waals surface area contributed by atoms with Gasteiger partial charge in [-0.05, 0) is 60.2 Å². The molecule has 70 valence electrons. The molecule has 0 amide bonds. The average Bonchev–Trinajstić information content (AvgIpc) is 1.95. The van der Waals surface area contributed by atoms with Crippen LogP contribution in [0.25, 0.3) is 0 Å². The number of hydrogen-bond donors (Lipinski definition) is 2. The second-order valence-corrected chi connectivity index (χ2v) is 4.70. The van der Waals surface area contributed by atoms with Gasteiger partial charge in [0.2, 0.25) is 0 Å². The fourth-order valence-electron chi connectivity index (χ4n) is 1.58. The lowest BCUT2D eigenvalue weighted by Crippen LogP contribution is -2.35. The summed E-state index contributed by atoms with van der Waals surface area (Å²) >= 11 is 2.28. The molecule has 1 heterocycles. The number of nitrogens with one attached hydrogen (secondary N) is 1. The SMILES string of the molecule is Cc1cc(I)cc([C@@H]2CCN2)c1O. The number of hydrogen-bond acceptors (Lipinski definition) is 2. The molecule has 2 N–H and O–H groups in total. The summed E-state index contributed by atoms with van der Waals surface area (Å²) in [4.78, 5) is 0. The maximum absolute atomic E-state index is 9.81. The van der Waals surface area contributed by atoms with E-state index in [0.29, 0.717) is 11.8 Å². The maximum Gasteiger partial charge on any atom is 0.123 e. The molecule has 0 radical (unpaired) electrons. The second kappa shape index (κ2) is 3.46. The summed E-state index contributed by atoms with van der Waals surface area (Å²) in [6.07, 6.45) is 1.13. The van der Waals surface area contributed by atoms with Crippen molar-refractivity contribution in [2.24, 2.45) is 0 Å². The summed E-state index contributed by atoms with van der Waals surface area (Å²) < 4.78 is 1.19. The van der Waals surface area contributed by atoms with E-state index in [-0.39, 0.29) is 0 Å². The predicted octanol–water partition coefficient (Wildman–Crippen LogP) is 2.34. The van der Waals surface area contributed by atoms with Crippen LogP contribution in [0, 0.1) is 10.5 Å². The Kier molecular flexibility index (Phi) is 2.47. The molecule has 0 aromatic heterocycles. The van der Waals surface area contributed by atoms with Crippen molar-refractivity contribution in [2.75, 3.05) is 6.54 Å². The van der Waals surface area contributed by atoms with E-state index in [4.69, 9.17) is 0 Å². The molecule has 3 heteroatoms. The zero-order chi connectivity index (χ0) is 9.42. The van der Waals surface area contributed by atoms with Gasteiger partial charge >= 0.3 is 0 Å². The van der Waals surface area contributed by atoms with Crippen LogP contribution in [0.1, 0.15) is 23.6 Å². The highest BCUT2D eigenvalue weighted by molar-refractivity contribution is 14.1. The number of aryl methyl sites for hydroxylation is 1. The molecule has 1 aliphatic heterocycles. The predicted molar refractivity (Wildman–Crippen MR) is 60.9 cm³/mol. The van der Waals surface area contributed by atoms with Gasteiger partial charge in [-0.25, -0.2) is 0 Å². The first-order valence-corrected chi connectivity index (χ1v) is 5.49. The molecule has 1 fully saturated rings. The molecular weight excluding hydrogens is 277 g/mol. The first-order chi connectivity index (χ1) is 6.18. The summed E-state index contributed by atoms with van der Waals surface area (Å²) in [5.41, 5.74) is 2.02. The highest BCUT2D eigenvalue weighted by atomic mass is 127. The molecule has 0 spiro atoms. The van der Waals surface area contributed by atoms with Gasteiger partial charge in [0.05, 0.1) is 0 Å². The van der Waals surface area contributed by atoms with E-state index in [0.717, 1.165) is 24.1 Å². The van der Waals surface area contributed by atoms with Crippen molar-refractivity contribution in [3.63, 3.8) is 0 Å². The summed E-state index contributed by atoms with van der Waals surface area (Å²) in [6.45, 7) is 3.01. The van der Waals surface area contributed by atoms with Crippen molar-refractivity contribution in [1.29, 1.82) is 0 Å². The fourth-order valence-corrected chi connectivity index (χ4v) is 2.38. The van der Waals surface area contributed by atoms with Crippen molar-refractivity contribution in [3.05, 3.63) is 26.8 Å². The lowest BCUT2D eigenvalue weighted by Gasteiger charge is -2.29. The molecule has 1 aromatic carbocycles. The number of rotatable bonds is 1. The molecule has 2 nitrogen and oxygen atoms in total. The van der Waals surface area contributed by atoms with Gasteiger partial charge in [-0.15, -0.1) is 0 Å². The lowest BCUT2D eigenvalue weighted by atomic mass is 9.95. The number of phenols is 1. The van der Waals surface area contributed by atoms with Crippen molar-refractivity contribution in [1.82, 2.24) is 5.32 Å². The van der Waals surface area contributed by atoms with Gasteiger partial charge in [0.15, 0.2) is 0 Å². The first kappa shape index (κ1) is 9.27. The Morgan fingerprint density at radius 2 is 2.23 bits per heavy atom. The standard InChI is InChI=1S/C10H12INO/c1-6-4-7(11)5-8(10(6)13)9-2-3-12-9/h4-5,9,12-13H,2-3H2,1H3/t9-/m0/s1. The average molecular weight is 289 g/mol. The van der Waals surface area contributed by atoms with Crippen LogP contribution < -0.4 is 5.32 Å². The number of halogens is 1. The molecule has 1 atom stereocenters. The van der Waals surface area contributed by atoms with Crippen molar-refractivity contribution in [2.45, 2.75) is 19.4 Å². The Hall–Kier alpha value is -0.290. The van der Waals surface area contributed by atoms with Crippen LogP contribution in [0.15, 0.2) is 12.1 Å².